The maximum atomic E-state index is 12.4. The Bertz CT molecular complexity index is 920. The molecule has 10 nitrogen and oxygen atoms in total. The van der Waals surface area contributed by atoms with Crippen LogP contribution < -0.4 is 0 Å². The molecule has 0 saturated heterocycles. The summed E-state index contributed by atoms with van der Waals surface area (Å²) in [5.74, 6) is -1.00. The molecule has 0 spiro atoms. The smallest absolute Gasteiger partial charge is 0.457 e. The molecule has 0 amide bonds. The summed E-state index contributed by atoms with van der Waals surface area (Å²) in [6.07, 6.45) is 40.8. The summed E-state index contributed by atoms with van der Waals surface area (Å²) in [5.41, 5.74) is 0. The second kappa shape index (κ2) is 43.1. The van der Waals surface area contributed by atoms with Crippen molar-refractivity contribution >= 4 is 19.8 Å². The molecule has 0 aromatic rings. The van der Waals surface area contributed by atoms with Crippen molar-refractivity contribution in [2.75, 3.05) is 26.4 Å². The number of carbonyl (C=O) groups excluding carboxylic acids is 2. The van der Waals surface area contributed by atoms with Crippen LogP contribution in [0.1, 0.15) is 245 Å². The lowest BCUT2D eigenvalue weighted by atomic mass is 10.0. The summed E-state index contributed by atoms with van der Waals surface area (Å²) in [6.45, 7) is 2.25. The van der Waals surface area contributed by atoms with Crippen LogP contribution in [-0.4, -0.2) is 65.7 Å². The summed E-state index contributed by atoms with van der Waals surface area (Å²) in [6, 6.07) is 0. The van der Waals surface area contributed by atoms with Gasteiger partial charge in [0, 0.05) is 12.8 Å². The van der Waals surface area contributed by atoms with Crippen molar-refractivity contribution in [2.45, 2.75) is 257 Å². The maximum Gasteiger partial charge on any atom is 0.472 e. The maximum absolute atomic E-state index is 12.4. The molecule has 0 fully saturated rings. The molecule has 0 aromatic heterocycles. The molecule has 0 saturated carbocycles. The highest BCUT2D eigenvalue weighted by Gasteiger charge is 2.27. The van der Waals surface area contributed by atoms with Gasteiger partial charge in [-0.05, 0) is 12.8 Å². The van der Waals surface area contributed by atoms with Gasteiger partial charge < -0.3 is 24.6 Å². The monoisotopic (exact) mass is 835 g/mol. The lowest BCUT2D eigenvalue weighted by Crippen LogP contribution is -2.28. The number of phosphoric acid groups is 1. The van der Waals surface area contributed by atoms with Crippen LogP contribution in [0.2, 0.25) is 0 Å². The molecular formula is C46H91O10P. The molecule has 0 rings (SSSR count). The summed E-state index contributed by atoms with van der Waals surface area (Å²) in [5, 5.41) is 19.2. The van der Waals surface area contributed by atoms with Crippen molar-refractivity contribution < 1.29 is 47.8 Å². The zero-order valence-electron chi connectivity index (χ0n) is 37.1. The number of ether oxygens (including phenoxy) is 2. The molecule has 11 heteroatoms. The molecule has 3 atom stereocenters. The van der Waals surface area contributed by atoms with Crippen molar-refractivity contribution in [1.82, 2.24) is 0 Å². The van der Waals surface area contributed by atoms with Crippen LogP contribution in [0, 0.1) is 0 Å². The van der Waals surface area contributed by atoms with E-state index in [2.05, 4.69) is 13.8 Å². The van der Waals surface area contributed by atoms with E-state index >= 15 is 0 Å². The minimum atomic E-state index is -4.63. The molecule has 340 valence electrons. The van der Waals surface area contributed by atoms with Crippen LogP contribution in [0.25, 0.3) is 0 Å². The summed E-state index contributed by atoms with van der Waals surface area (Å²) >= 11 is 0. The van der Waals surface area contributed by atoms with E-state index in [4.69, 9.17) is 18.5 Å². The molecule has 0 aromatic carbocycles. The van der Waals surface area contributed by atoms with Gasteiger partial charge in [-0.3, -0.25) is 18.6 Å². The van der Waals surface area contributed by atoms with E-state index < -0.39 is 58.4 Å². The SMILES string of the molecule is CCCCCCCCCCCCCCCCCCCCCCCCC(=O)OC(CO)COP(=O)(O)OCC(CO)OC(=O)CCCCCCCCCCCCCC. The highest BCUT2D eigenvalue weighted by molar-refractivity contribution is 7.47. The van der Waals surface area contributed by atoms with Gasteiger partial charge in [-0.2, -0.15) is 0 Å². The standard InChI is InChI=1S/C46H91O10P/c1-3-5-7-9-11-13-15-17-18-19-20-21-22-23-24-25-26-28-30-32-34-36-38-46(50)56-44(40-48)42-54-57(51,52)53-41-43(39-47)55-45(49)37-35-33-31-29-27-16-14-12-10-8-6-4-2/h43-44,47-48H,3-42H2,1-2H3,(H,51,52). The average molecular weight is 835 g/mol. The predicted octanol–water partition coefficient (Wildman–Crippen LogP) is 13.0. The van der Waals surface area contributed by atoms with Crippen molar-refractivity contribution in [3.8, 4) is 0 Å². The second-order valence-electron chi connectivity index (χ2n) is 16.5. The van der Waals surface area contributed by atoms with E-state index in [9.17, 15) is 29.3 Å². The zero-order valence-corrected chi connectivity index (χ0v) is 38.0. The van der Waals surface area contributed by atoms with Crippen LogP contribution in [0.15, 0.2) is 0 Å². The number of phosphoric ester groups is 1. The fraction of sp³-hybridized carbons (Fsp3) is 0.957. The van der Waals surface area contributed by atoms with Gasteiger partial charge in [0.1, 0.15) is 12.2 Å². The first-order valence-corrected chi connectivity index (χ1v) is 25.5. The number of carbonyl (C=O) groups is 2. The highest BCUT2D eigenvalue weighted by atomic mass is 31.2. The van der Waals surface area contributed by atoms with Crippen LogP contribution in [0.5, 0.6) is 0 Å². The van der Waals surface area contributed by atoms with Crippen molar-refractivity contribution in [3.63, 3.8) is 0 Å². The van der Waals surface area contributed by atoms with Crippen molar-refractivity contribution in [3.05, 3.63) is 0 Å². The van der Waals surface area contributed by atoms with E-state index in [-0.39, 0.29) is 12.8 Å². The summed E-state index contributed by atoms with van der Waals surface area (Å²) in [4.78, 5) is 34.5. The number of esters is 2. The fourth-order valence-electron chi connectivity index (χ4n) is 7.12. The van der Waals surface area contributed by atoms with E-state index in [1.54, 1.807) is 0 Å². The molecule has 0 aliphatic heterocycles. The third-order valence-corrected chi connectivity index (χ3v) is 11.8. The van der Waals surface area contributed by atoms with Gasteiger partial charge in [-0.15, -0.1) is 0 Å². The molecular weight excluding hydrogens is 743 g/mol. The number of hydrogen-bond donors (Lipinski definition) is 3. The number of unbranched alkanes of at least 4 members (excludes halogenated alkanes) is 32. The van der Waals surface area contributed by atoms with Gasteiger partial charge in [-0.25, -0.2) is 4.57 Å². The van der Waals surface area contributed by atoms with Gasteiger partial charge in [-0.1, -0.05) is 219 Å². The van der Waals surface area contributed by atoms with Gasteiger partial charge in [0.25, 0.3) is 0 Å². The van der Waals surface area contributed by atoms with E-state index in [0.717, 1.165) is 38.5 Å². The van der Waals surface area contributed by atoms with E-state index in [1.165, 1.54) is 167 Å². The number of rotatable bonds is 46. The molecule has 3 N–H and O–H groups in total. The minimum absolute atomic E-state index is 0.199. The van der Waals surface area contributed by atoms with E-state index in [1.807, 2.05) is 0 Å². The topological polar surface area (TPSA) is 149 Å². The van der Waals surface area contributed by atoms with Crippen LogP contribution in [0.3, 0.4) is 0 Å². The van der Waals surface area contributed by atoms with Gasteiger partial charge in [0.15, 0.2) is 0 Å². The number of aliphatic hydroxyl groups is 2. The summed E-state index contributed by atoms with van der Waals surface area (Å²) < 4.78 is 32.6. The Hall–Kier alpha value is -1.03. The molecule has 0 aliphatic rings. The van der Waals surface area contributed by atoms with Crippen LogP contribution in [-0.2, 0) is 32.7 Å². The minimum Gasteiger partial charge on any atom is -0.457 e. The quantitative estimate of drug-likeness (QED) is 0.0307. The predicted molar refractivity (Wildman–Crippen MR) is 233 cm³/mol. The first-order valence-electron chi connectivity index (χ1n) is 24.0. The largest absolute Gasteiger partial charge is 0.472 e. The fourth-order valence-corrected chi connectivity index (χ4v) is 7.90. The number of hydrogen-bond acceptors (Lipinski definition) is 9. The Morgan fingerprint density at radius 3 is 0.825 bits per heavy atom. The van der Waals surface area contributed by atoms with Crippen molar-refractivity contribution in [2.24, 2.45) is 0 Å². The Balaban J connectivity index is 3.79. The number of aliphatic hydroxyl groups excluding tert-OH is 2. The Kier molecular flexibility index (Phi) is 42.3. The average Bonchev–Trinajstić information content (AvgIpc) is 3.20. The second-order valence-corrected chi connectivity index (χ2v) is 17.9. The molecule has 0 aliphatic carbocycles. The Labute approximate surface area is 350 Å². The zero-order chi connectivity index (χ0) is 41.9. The normalized spacial score (nSPS) is 13.7. The Morgan fingerprint density at radius 2 is 0.614 bits per heavy atom. The Morgan fingerprint density at radius 1 is 0.404 bits per heavy atom. The van der Waals surface area contributed by atoms with Crippen LogP contribution >= 0.6 is 7.82 Å². The molecule has 57 heavy (non-hydrogen) atoms. The van der Waals surface area contributed by atoms with E-state index in [0.29, 0.717) is 12.8 Å². The molecule has 0 radical (unpaired) electrons. The van der Waals surface area contributed by atoms with Crippen molar-refractivity contribution in [1.29, 1.82) is 0 Å². The summed E-state index contributed by atoms with van der Waals surface area (Å²) in [7, 11) is -4.63. The third-order valence-electron chi connectivity index (χ3n) is 10.8. The first-order chi connectivity index (χ1) is 27.8. The molecule has 0 bridgehead atoms. The first kappa shape index (κ1) is 56.0. The molecule has 3 unspecified atom stereocenters. The van der Waals surface area contributed by atoms with Gasteiger partial charge in [0.2, 0.25) is 0 Å². The lowest BCUT2D eigenvalue weighted by molar-refractivity contribution is -0.153. The molecule has 0 heterocycles. The lowest BCUT2D eigenvalue weighted by Gasteiger charge is -2.20. The highest BCUT2D eigenvalue weighted by Crippen LogP contribution is 2.43. The van der Waals surface area contributed by atoms with Gasteiger partial charge in [0.05, 0.1) is 26.4 Å². The van der Waals surface area contributed by atoms with Gasteiger partial charge >= 0.3 is 19.8 Å². The third kappa shape index (κ3) is 41.5. The van der Waals surface area contributed by atoms with Crippen LogP contribution in [0.4, 0.5) is 0 Å².